The fourth-order valence-corrected chi connectivity index (χ4v) is 7.75. The van der Waals surface area contributed by atoms with E-state index in [1.165, 1.54) is 5.56 Å². The predicted molar refractivity (Wildman–Crippen MR) is 175 cm³/mol. The first-order chi connectivity index (χ1) is 21.3. The van der Waals surface area contributed by atoms with Crippen LogP contribution in [0.1, 0.15) is 48.8 Å². The Labute approximate surface area is 271 Å². The molecule has 2 aromatic carbocycles. The smallest absolute Gasteiger partial charge is 0.326 e. The Hall–Kier alpha value is -3.64. The van der Waals surface area contributed by atoms with E-state index in [1.54, 1.807) is 34.0 Å². The quantitative estimate of drug-likeness (QED) is 0.249. The van der Waals surface area contributed by atoms with Crippen molar-refractivity contribution in [2.45, 2.75) is 50.1 Å². The number of urea groups is 1. The van der Waals surface area contributed by atoms with Crippen LogP contribution in [0.4, 0.5) is 4.79 Å². The van der Waals surface area contributed by atoms with E-state index < -0.39 is 6.04 Å². The van der Waals surface area contributed by atoms with Crippen molar-refractivity contribution in [3.63, 3.8) is 0 Å². The SMILES string of the molecule is O=C(NC(Cc1cc(Br)c(O)c(Br)c1)C(=O)N1CCC(c2ccncc2)CC1)N1CCC(n2c(=O)[nH]c3ccccc32)CC1. The number of aromatic hydroxyl groups is 1. The minimum absolute atomic E-state index is 0.0199. The highest BCUT2D eigenvalue weighted by atomic mass is 79.9. The van der Waals surface area contributed by atoms with Gasteiger partial charge in [0.15, 0.2) is 0 Å². The standard InChI is InChI=1S/C32H34Br2N6O4/c33-24-17-20(18-25(34)29(24)41)19-27(30(42)38-13-7-22(8-14-38)21-5-11-35-12-6-21)37-31(43)39-15-9-23(10-16-39)40-28-4-2-1-3-26(28)36-32(40)44/h1-6,11-12,17-18,22-23,27,41H,7-10,13-16,19H2,(H,36,44)(H,37,43). The number of fused-ring (bicyclic) bond motifs is 1. The molecule has 0 radical (unpaired) electrons. The molecule has 12 heteroatoms. The minimum atomic E-state index is -0.780. The number of nitrogens with zero attached hydrogens (tertiary/aromatic N) is 4. The van der Waals surface area contributed by atoms with E-state index in [4.69, 9.17) is 0 Å². The molecular formula is C32H34Br2N6O4. The van der Waals surface area contributed by atoms with Gasteiger partial charge in [0.1, 0.15) is 11.8 Å². The van der Waals surface area contributed by atoms with Crippen LogP contribution < -0.4 is 11.0 Å². The van der Waals surface area contributed by atoms with Gasteiger partial charge in [-0.1, -0.05) is 12.1 Å². The lowest BCUT2D eigenvalue weighted by Gasteiger charge is -2.36. The van der Waals surface area contributed by atoms with Gasteiger partial charge in [-0.25, -0.2) is 9.59 Å². The number of rotatable bonds is 6. The van der Waals surface area contributed by atoms with Gasteiger partial charge in [0.25, 0.3) is 0 Å². The minimum Gasteiger partial charge on any atom is -0.506 e. The molecule has 44 heavy (non-hydrogen) atoms. The summed E-state index contributed by atoms with van der Waals surface area (Å²) in [5.41, 5.74) is 3.55. The van der Waals surface area contributed by atoms with E-state index in [-0.39, 0.29) is 35.8 Å². The molecule has 0 spiro atoms. The summed E-state index contributed by atoms with van der Waals surface area (Å²) in [5, 5.41) is 13.2. The highest BCUT2D eigenvalue weighted by molar-refractivity contribution is 9.11. The number of benzene rings is 2. The molecule has 2 saturated heterocycles. The highest BCUT2D eigenvalue weighted by Gasteiger charge is 2.33. The summed E-state index contributed by atoms with van der Waals surface area (Å²) in [6, 6.07) is 14.1. The molecule has 0 saturated carbocycles. The number of carbonyl (C=O) groups excluding carboxylic acids is 2. The van der Waals surface area contributed by atoms with Crippen molar-refractivity contribution < 1.29 is 14.7 Å². The Kier molecular flexibility index (Phi) is 9.08. The molecule has 1 atom stereocenters. The van der Waals surface area contributed by atoms with Gasteiger partial charge < -0.3 is 25.2 Å². The van der Waals surface area contributed by atoms with Crippen molar-refractivity contribution in [1.82, 2.24) is 29.7 Å². The number of pyridine rings is 1. The lowest BCUT2D eigenvalue weighted by atomic mass is 9.89. The Morgan fingerprint density at radius 1 is 0.955 bits per heavy atom. The number of hydrogen-bond acceptors (Lipinski definition) is 5. The first-order valence-corrected chi connectivity index (χ1v) is 16.5. The molecular weight excluding hydrogens is 692 g/mol. The van der Waals surface area contributed by atoms with Crippen molar-refractivity contribution >= 4 is 54.8 Å². The third kappa shape index (κ3) is 6.41. The maximum atomic E-state index is 13.9. The summed E-state index contributed by atoms with van der Waals surface area (Å²) < 4.78 is 2.81. The first-order valence-electron chi connectivity index (χ1n) is 14.9. The number of likely N-dealkylation sites (tertiary alicyclic amines) is 2. The third-order valence-corrected chi connectivity index (χ3v) is 10.0. The fraction of sp³-hybridized carbons (Fsp3) is 0.375. The Morgan fingerprint density at radius 2 is 1.59 bits per heavy atom. The molecule has 2 fully saturated rings. The maximum Gasteiger partial charge on any atom is 0.326 e. The summed E-state index contributed by atoms with van der Waals surface area (Å²) in [4.78, 5) is 50.9. The molecule has 3 N–H and O–H groups in total. The van der Waals surface area contributed by atoms with Crippen LogP contribution in [0.15, 0.2) is 74.7 Å². The Balaban J connectivity index is 1.14. The second-order valence-electron chi connectivity index (χ2n) is 11.5. The fourth-order valence-electron chi connectivity index (χ4n) is 6.47. The third-order valence-electron chi connectivity index (χ3n) is 8.84. The van der Waals surface area contributed by atoms with Crippen LogP contribution in [0.25, 0.3) is 11.0 Å². The number of nitrogens with one attached hydrogen (secondary N) is 2. The van der Waals surface area contributed by atoms with Crippen molar-refractivity contribution in [3.05, 3.63) is 91.5 Å². The summed E-state index contributed by atoms with van der Waals surface area (Å²) >= 11 is 6.77. The number of halogens is 2. The van der Waals surface area contributed by atoms with Crippen LogP contribution in [-0.2, 0) is 11.2 Å². The number of H-pyrrole nitrogens is 1. The van der Waals surface area contributed by atoms with Gasteiger partial charge in [0, 0.05) is 51.0 Å². The number of phenolic OH excluding ortho intramolecular Hbond substituents is 1. The predicted octanol–water partition coefficient (Wildman–Crippen LogP) is 5.32. The van der Waals surface area contributed by atoms with E-state index in [9.17, 15) is 19.5 Å². The summed E-state index contributed by atoms with van der Waals surface area (Å²) in [6.07, 6.45) is 6.82. The first kappa shape index (κ1) is 30.4. The van der Waals surface area contributed by atoms with Crippen LogP contribution in [-0.4, -0.2) is 73.6 Å². The molecule has 4 heterocycles. The van der Waals surface area contributed by atoms with Crippen molar-refractivity contribution in [2.24, 2.45) is 0 Å². The Bertz CT molecular complexity index is 1690. The van der Waals surface area contributed by atoms with Gasteiger partial charge in [0.05, 0.1) is 20.0 Å². The number of aromatic amines is 1. The number of imidazole rings is 1. The molecule has 10 nitrogen and oxygen atoms in total. The number of hydrogen-bond donors (Lipinski definition) is 3. The average Bonchev–Trinajstić information content (AvgIpc) is 3.39. The molecule has 4 aromatic rings. The molecule has 0 aliphatic carbocycles. The van der Waals surface area contributed by atoms with E-state index in [0.29, 0.717) is 53.9 Å². The monoisotopic (exact) mass is 724 g/mol. The maximum absolute atomic E-state index is 13.9. The van der Waals surface area contributed by atoms with Crippen molar-refractivity contribution in [1.29, 1.82) is 0 Å². The molecule has 6 rings (SSSR count). The summed E-state index contributed by atoms with van der Waals surface area (Å²) in [6.45, 7) is 2.14. The van der Waals surface area contributed by atoms with Crippen LogP contribution in [0.5, 0.6) is 5.75 Å². The lowest BCUT2D eigenvalue weighted by molar-refractivity contribution is -0.134. The lowest BCUT2D eigenvalue weighted by Crippen LogP contribution is -2.55. The second-order valence-corrected chi connectivity index (χ2v) is 13.2. The van der Waals surface area contributed by atoms with Gasteiger partial charge in [-0.3, -0.25) is 14.3 Å². The summed E-state index contributed by atoms with van der Waals surface area (Å²) in [5.74, 6) is 0.327. The average molecular weight is 726 g/mol. The second kappa shape index (κ2) is 13.2. The zero-order valence-corrected chi connectivity index (χ0v) is 27.3. The molecule has 230 valence electrons. The van der Waals surface area contributed by atoms with E-state index in [2.05, 4.69) is 47.1 Å². The van der Waals surface area contributed by atoms with Gasteiger partial charge in [-0.2, -0.15) is 0 Å². The van der Waals surface area contributed by atoms with Crippen LogP contribution in [0.2, 0.25) is 0 Å². The normalized spacial score (nSPS) is 17.1. The van der Waals surface area contributed by atoms with Gasteiger partial charge in [-0.15, -0.1) is 0 Å². The highest BCUT2D eigenvalue weighted by Crippen LogP contribution is 2.34. The Morgan fingerprint density at radius 3 is 2.27 bits per heavy atom. The number of amides is 3. The van der Waals surface area contributed by atoms with Gasteiger partial charge in [-0.05, 0) is 111 Å². The molecule has 1 unspecified atom stereocenters. The van der Waals surface area contributed by atoms with Crippen LogP contribution >= 0.6 is 31.9 Å². The largest absolute Gasteiger partial charge is 0.506 e. The zero-order valence-electron chi connectivity index (χ0n) is 24.1. The van der Waals surface area contributed by atoms with E-state index >= 15 is 0 Å². The molecule has 3 amide bonds. The van der Waals surface area contributed by atoms with Crippen molar-refractivity contribution in [2.75, 3.05) is 26.2 Å². The van der Waals surface area contributed by atoms with Crippen LogP contribution in [0.3, 0.4) is 0 Å². The number of para-hydroxylation sites is 2. The van der Waals surface area contributed by atoms with Gasteiger partial charge >= 0.3 is 11.7 Å². The molecule has 2 aliphatic rings. The number of phenols is 1. The summed E-state index contributed by atoms with van der Waals surface area (Å²) in [7, 11) is 0. The molecule has 0 bridgehead atoms. The molecule has 2 aromatic heterocycles. The number of carbonyl (C=O) groups is 2. The van der Waals surface area contributed by atoms with Gasteiger partial charge in [0.2, 0.25) is 5.91 Å². The number of piperidine rings is 2. The van der Waals surface area contributed by atoms with E-state index in [1.807, 2.05) is 41.3 Å². The molecule has 2 aliphatic heterocycles. The zero-order chi connectivity index (χ0) is 30.8. The van der Waals surface area contributed by atoms with E-state index in [0.717, 1.165) is 29.4 Å². The van der Waals surface area contributed by atoms with Crippen LogP contribution in [0, 0.1) is 0 Å². The topological polar surface area (TPSA) is 124 Å². The number of aromatic nitrogens is 3. The van der Waals surface area contributed by atoms with Crippen molar-refractivity contribution in [3.8, 4) is 5.75 Å².